The summed E-state index contributed by atoms with van der Waals surface area (Å²) in [6.07, 6.45) is 0.957. The summed E-state index contributed by atoms with van der Waals surface area (Å²) in [5.41, 5.74) is 0.0441. The van der Waals surface area contributed by atoms with Gasteiger partial charge in [-0.15, -0.1) is 6.58 Å². The maximum Gasteiger partial charge on any atom is 0.417 e. The molecule has 2 amide bonds. The van der Waals surface area contributed by atoms with Crippen LogP contribution in [-0.4, -0.2) is 36.2 Å². The number of benzene rings is 1. The molecule has 130 valence electrons. The van der Waals surface area contributed by atoms with E-state index in [4.69, 9.17) is 9.47 Å². The van der Waals surface area contributed by atoms with Crippen molar-refractivity contribution in [3.8, 4) is 0 Å². The first-order chi connectivity index (χ1) is 11.4. The van der Waals surface area contributed by atoms with E-state index in [0.29, 0.717) is 6.61 Å². The molecule has 1 aliphatic heterocycles. The fourth-order valence-electron chi connectivity index (χ4n) is 2.60. The lowest BCUT2D eigenvalue weighted by atomic mass is 9.89. The van der Waals surface area contributed by atoms with E-state index < -0.39 is 11.5 Å². The number of hydrogen-bond donors (Lipinski definition) is 0. The van der Waals surface area contributed by atoms with Crippen molar-refractivity contribution in [2.24, 2.45) is 11.3 Å². The van der Waals surface area contributed by atoms with Crippen LogP contribution in [0.5, 0.6) is 0 Å². The average molecular weight is 331 g/mol. The second kappa shape index (κ2) is 7.62. The van der Waals surface area contributed by atoms with Crippen molar-refractivity contribution in [1.82, 2.24) is 4.90 Å². The Hall–Kier alpha value is -2.14. The number of carbonyl (C=O) groups excluding carboxylic acids is 2. The smallest absolute Gasteiger partial charge is 0.417 e. The Bertz CT molecular complexity index is 599. The molecule has 0 aliphatic carbocycles. The van der Waals surface area contributed by atoms with Crippen molar-refractivity contribution in [3.63, 3.8) is 0 Å². The number of carbonyl (C=O) groups is 2. The van der Waals surface area contributed by atoms with Crippen molar-refractivity contribution < 1.29 is 19.1 Å². The molecule has 1 fully saturated rings. The van der Waals surface area contributed by atoms with Gasteiger partial charge in [-0.05, 0) is 18.4 Å². The van der Waals surface area contributed by atoms with E-state index in [2.05, 4.69) is 6.58 Å². The van der Waals surface area contributed by atoms with Crippen LogP contribution in [0.2, 0.25) is 0 Å². The fourth-order valence-corrected chi connectivity index (χ4v) is 2.60. The summed E-state index contributed by atoms with van der Waals surface area (Å²) in [5, 5.41) is 0. The molecule has 0 N–H and O–H groups in total. The Kier molecular flexibility index (Phi) is 5.78. The van der Waals surface area contributed by atoms with Crippen LogP contribution >= 0.6 is 0 Å². The van der Waals surface area contributed by atoms with E-state index >= 15 is 0 Å². The van der Waals surface area contributed by atoms with Gasteiger partial charge in [0.15, 0.2) is 0 Å². The van der Waals surface area contributed by atoms with Crippen molar-refractivity contribution in [2.45, 2.75) is 33.4 Å². The molecule has 0 radical (unpaired) electrons. The lowest BCUT2D eigenvalue weighted by Gasteiger charge is -2.31. The summed E-state index contributed by atoms with van der Waals surface area (Å²) in [6.45, 7) is 10.2. The van der Waals surface area contributed by atoms with Crippen LogP contribution in [0.15, 0.2) is 43.0 Å². The first-order valence-corrected chi connectivity index (χ1v) is 8.14. The third-order valence-corrected chi connectivity index (χ3v) is 4.35. The van der Waals surface area contributed by atoms with Crippen LogP contribution in [-0.2, 0) is 20.9 Å². The topological polar surface area (TPSA) is 55.8 Å². The molecule has 1 aromatic rings. The van der Waals surface area contributed by atoms with E-state index in [9.17, 15) is 9.59 Å². The summed E-state index contributed by atoms with van der Waals surface area (Å²) in [6, 6.07) is 9.47. The van der Waals surface area contributed by atoms with E-state index in [1.165, 1.54) is 4.90 Å². The number of imide groups is 1. The highest BCUT2D eigenvalue weighted by atomic mass is 16.6. The Morgan fingerprint density at radius 2 is 2.12 bits per heavy atom. The summed E-state index contributed by atoms with van der Waals surface area (Å²) in [5.74, 6) is -0.202. The van der Waals surface area contributed by atoms with Gasteiger partial charge in [0.1, 0.15) is 6.61 Å². The van der Waals surface area contributed by atoms with Crippen molar-refractivity contribution in [1.29, 1.82) is 0 Å². The van der Waals surface area contributed by atoms with Crippen molar-refractivity contribution in [2.75, 3.05) is 13.2 Å². The third-order valence-electron chi connectivity index (χ3n) is 4.35. The van der Waals surface area contributed by atoms with Crippen LogP contribution in [0, 0.1) is 11.3 Å². The third kappa shape index (κ3) is 3.85. The highest BCUT2D eigenvalue weighted by molar-refractivity contribution is 5.97. The van der Waals surface area contributed by atoms with Gasteiger partial charge in [-0.25, -0.2) is 9.69 Å². The quantitative estimate of drug-likeness (QED) is 0.719. The number of hydrogen-bond acceptors (Lipinski definition) is 4. The molecule has 1 aromatic carbocycles. The number of amides is 2. The van der Waals surface area contributed by atoms with Crippen LogP contribution in [0.3, 0.4) is 0 Å². The minimum atomic E-state index is -0.981. The van der Waals surface area contributed by atoms with Gasteiger partial charge in [-0.1, -0.05) is 50.3 Å². The molecule has 0 bridgehead atoms. The average Bonchev–Trinajstić information content (AvgIpc) is 2.96. The molecule has 0 aromatic heterocycles. The minimum absolute atomic E-state index is 0.125. The molecular formula is C19H25NO4. The summed E-state index contributed by atoms with van der Waals surface area (Å²) in [7, 11) is 0. The van der Waals surface area contributed by atoms with Gasteiger partial charge in [-0.2, -0.15) is 0 Å². The van der Waals surface area contributed by atoms with Crippen LogP contribution in [0.4, 0.5) is 4.79 Å². The second-order valence-electron chi connectivity index (χ2n) is 6.66. The molecule has 1 heterocycles. The number of cyclic esters (lactones) is 1. The molecule has 5 heteroatoms. The summed E-state index contributed by atoms with van der Waals surface area (Å²) < 4.78 is 10.8. The van der Waals surface area contributed by atoms with Gasteiger partial charge in [0.25, 0.3) is 0 Å². The van der Waals surface area contributed by atoms with E-state index in [1.807, 2.05) is 44.2 Å². The lowest BCUT2D eigenvalue weighted by molar-refractivity contribution is -0.140. The number of nitrogens with zero attached hydrogens (tertiary/aromatic N) is 1. The first kappa shape index (κ1) is 18.2. The highest BCUT2D eigenvalue weighted by Gasteiger charge is 2.46. The molecular weight excluding hydrogens is 306 g/mol. The molecule has 1 aliphatic rings. The zero-order valence-corrected chi connectivity index (χ0v) is 14.5. The van der Waals surface area contributed by atoms with Crippen molar-refractivity contribution in [3.05, 3.63) is 48.6 Å². The normalized spacial score (nSPS) is 19.9. The number of rotatable bonds is 7. The zero-order chi connectivity index (χ0) is 17.7. The van der Waals surface area contributed by atoms with E-state index in [0.717, 1.165) is 5.56 Å². The predicted molar refractivity (Wildman–Crippen MR) is 91.2 cm³/mol. The minimum Gasteiger partial charge on any atom is -0.447 e. The SMILES string of the molecule is C=C[C@@](C)(COCc1ccccc1)C(=O)N1C(=O)OC[C@@H]1C(C)C. The Balaban J connectivity index is 2.05. The van der Waals surface area contributed by atoms with Gasteiger partial charge in [0.2, 0.25) is 5.91 Å². The Morgan fingerprint density at radius 1 is 1.46 bits per heavy atom. The maximum absolute atomic E-state index is 12.9. The Morgan fingerprint density at radius 3 is 2.71 bits per heavy atom. The van der Waals surface area contributed by atoms with E-state index in [-0.39, 0.29) is 31.1 Å². The molecule has 5 nitrogen and oxygen atoms in total. The summed E-state index contributed by atoms with van der Waals surface area (Å²) >= 11 is 0. The van der Waals surface area contributed by atoms with Gasteiger partial charge in [0.05, 0.1) is 24.7 Å². The fraction of sp³-hybridized carbons (Fsp3) is 0.474. The van der Waals surface area contributed by atoms with E-state index in [1.54, 1.807) is 13.0 Å². The molecule has 24 heavy (non-hydrogen) atoms. The van der Waals surface area contributed by atoms with Gasteiger partial charge >= 0.3 is 6.09 Å². The molecule has 0 spiro atoms. The maximum atomic E-state index is 12.9. The number of ether oxygens (including phenoxy) is 2. The largest absolute Gasteiger partial charge is 0.447 e. The summed E-state index contributed by atoms with van der Waals surface area (Å²) in [4.78, 5) is 26.2. The van der Waals surface area contributed by atoms with Crippen molar-refractivity contribution >= 4 is 12.0 Å². The molecule has 1 saturated heterocycles. The first-order valence-electron chi connectivity index (χ1n) is 8.14. The Labute approximate surface area is 143 Å². The van der Waals surface area contributed by atoms with Gasteiger partial charge in [0, 0.05) is 0 Å². The standard InChI is InChI=1S/C19H25NO4/c1-5-19(4,13-23-11-15-9-7-6-8-10-15)17(21)20-16(14(2)3)12-24-18(20)22/h5-10,14,16H,1,11-13H2,2-4H3/t16-,19+/m1/s1. The lowest BCUT2D eigenvalue weighted by Crippen LogP contribution is -2.49. The molecule has 2 rings (SSSR count). The van der Waals surface area contributed by atoms with Gasteiger partial charge in [-0.3, -0.25) is 4.79 Å². The molecule has 0 unspecified atom stereocenters. The van der Waals surface area contributed by atoms with Gasteiger partial charge < -0.3 is 9.47 Å². The van der Waals surface area contributed by atoms with Crippen LogP contribution in [0.25, 0.3) is 0 Å². The van der Waals surface area contributed by atoms with Crippen LogP contribution in [0.1, 0.15) is 26.3 Å². The predicted octanol–water partition coefficient (Wildman–Crippen LogP) is 3.40. The van der Waals surface area contributed by atoms with Crippen LogP contribution < -0.4 is 0 Å². The monoisotopic (exact) mass is 331 g/mol. The zero-order valence-electron chi connectivity index (χ0n) is 14.5. The highest BCUT2D eigenvalue weighted by Crippen LogP contribution is 2.29. The molecule has 2 atom stereocenters. The second-order valence-corrected chi connectivity index (χ2v) is 6.66. The molecule has 0 saturated carbocycles.